The van der Waals surface area contributed by atoms with Crippen molar-refractivity contribution in [3.8, 4) is 0 Å². The summed E-state index contributed by atoms with van der Waals surface area (Å²) in [5.74, 6) is -0.0927. The van der Waals surface area contributed by atoms with E-state index < -0.39 is 0 Å². The van der Waals surface area contributed by atoms with E-state index >= 15 is 0 Å². The third-order valence-electron chi connectivity index (χ3n) is 3.32. The number of hydrazone groups is 2. The predicted octanol–water partition coefficient (Wildman–Crippen LogP) is 3.13. The molecule has 0 aromatic carbocycles. The molecule has 0 rings (SSSR count). The Balaban J connectivity index is 3.58. The van der Waals surface area contributed by atoms with E-state index in [9.17, 15) is 9.59 Å². The van der Waals surface area contributed by atoms with Crippen LogP contribution in [0.3, 0.4) is 0 Å². The van der Waals surface area contributed by atoms with Gasteiger partial charge in [0.25, 0.3) is 0 Å². The molecular formula is C16H30N4O2. The van der Waals surface area contributed by atoms with Gasteiger partial charge in [-0.25, -0.2) is 10.9 Å². The number of carbonyl (C=O) groups excluding carboxylic acids is 2. The molecule has 0 atom stereocenters. The zero-order valence-corrected chi connectivity index (χ0v) is 14.4. The standard InChI is InChI=1S/C16H30N4O2/c1-5-13(3)17-19-15(21)11-9-7-8-10-12-16(22)20-18-14(4)6-2/h5-12H2,1-4H3,(H,19,21)(H,20,22). The van der Waals surface area contributed by atoms with Gasteiger partial charge in [0.05, 0.1) is 0 Å². The Bertz CT molecular complexity index is 365. The zero-order valence-electron chi connectivity index (χ0n) is 14.4. The molecule has 0 unspecified atom stereocenters. The molecule has 22 heavy (non-hydrogen) atoms. The number of unbranched alkanes of at least 4 members (excludes halogenated alkanes) is 3. The van der Waals surface area contributed by atoms with Crippen LogP contribution in [-0.2, 0) is 9.59 Å². The molecule has 0 heterocycles. The fraction of sp³-hybridized carbons (Fsp3) is 0.750. The van der Waals surface area contributed by atoms with Crippen LogP contribution in [0.2, 0.25) is 0 Å². The van der Waals surface area contributed by atoms with Crippen LogP contribution in [0.4, 0.5) is 0 Å². The Morgan fingerprint density at radius 1 is 0.727 bits per heavy atom. The largest absolute Gasteiger partial charge is 0.273 e. The monoisotopic (exact) mass is 310 g/mol. The van der Waals surface area contributed by atoms with Gasteiger partial charge in [0.15, 0.2) is 0 Å². The SMILES string of the molecule is CCC(C)=NNC(=O)CCCCCCC(=O)NN=C(C)CC. The lowest BCUT2D eigenvalue weighted by Crippen LogP contribution is -2.18. The Morgan fingerprint density at radius 3 is 1.41 bits per heavy atom. The topological polar surface area (TPSA) is 82.9 Å². The average molecular weight is 310 g/mol. The number of rotatable bonds is 11. The number of carbonyl (C=O) groups is 2. The van der Waals surface area contributed by atoms with Crippen molar-refractivity contribution in [3.63, 3.8) is 0 Å². The van der Waals surface area contributed by atoms with Crippen LogP contribution in [-0.4, -0.2) is 23.2 Å². The summed E-state index contributed by atoms with van der Waals surface area (Å²) in [5.41, 5.74) is 6.92. The number of amides is 2. The van der Waals surface area contributed by atoms with Crippen LogP contribution in [0.25, 0.3) is 0 Å². The second-order valence-electron chi connectivity index (χ2n) is 5.39. The van der Waals surface area contributed by atoms with Crippen LogP contribution in [0.15, 0.2) is 10.2 Å². The minimum Gasteiger partial charge on any atom is -0.273 e. The molecule has 0 fully saturated rings. The van der Waals surface area contributed by atoms with Crippen LogP contribution in [0.5, 0.6) is 0 Å². The molecule has 6 nitrogen and oxygen atoms in total. The highest BCUT2D eigenvalue weighted by molar-refractivity contribution is 5.84. The highest BCUT2D eigenvalue weighted by Gasteiger charge is 2.02. The molecule has 0 aliphatic rings. The van der Waals surface area contributed by atoms with Gasteiger partial charge in [0, 0.05) is 24.3 Å². The lowest BCUT2D eigenvalue weighted by atomic mass is 10.1. The van der Waals surface area contributed by atoms with Crippen LogP contribution >= 0.6 is 0 Å². The van der Waals surface area contributed by atoms with E-state index in [2.05, 4.69) is 21.1 Å². The molecular weight excluding hydrogens is 280 g/mol. The summed E-state index contributed by atoms with van der Waals surface area (Å²) in [7, 11) is 0. The lowest BCUT2D eigenvalue weighted by molar-refractivity contribution is -0.122. The maximum atomic E-state index is 11.5. The Kier molecular flexibility index (Phi) is 12.0. The number of nitrogens with one attached hydrogen (secondary N) is 2. The van der Waals surface area contributed by atoms with Gasteiger partial charge in [-0.2, -0.15) is 10.2 Å². The van der Waals surface area contributed by atoms with Gasteiger partial charge in [-0.15, -0.1) is 0 Å². The summed E-state index contributed by atoms with van der Waals surface area (Å²) in [4.78, 5) is 23.0. The maximum absolute atomic E-state index is 11.5. The van der Waals surface area contributed by atoms with Crippen molar-refractivity contribution in [1.82, 2.24) is 10.9 Å². The fourth-order valence-electron chi connectivity index (χ4n) is 1.51. The summed E-state index contributed by atoms with van der Waals surface area (Å²) in [6, 6.07) is 0. The van der Waals surface area contributed by atoms with Crippen molar-refractivity contribution >= 4 is 23.2 Å². The predicted molar refractivity (Wildman–Crippen MR) is 90.8 cm³/mol. The average Bonchev–Trinajstić information content (AvgIpc) is 2.53. The van der Waals surface area contributed by atoms with Crippen molar-refractivity contribution in [1.29, 1.82) is 0 Å². The van der Waals surface area contributed by atoms with E-state index in [1.165, 1.54) is 0 Å². The summed E-state index contributed by atoms with van der Waals surface area (Å²) in [6.07, 6.45) is 6.15. The fourth-order valence-corrected chi connectivity index (χ4v) is 1.51. The van der Waals surface area contributed by atoms with E-state index in [1.54, 1.807) is 0 Å². The van der Waals surface area contributed by atoms with Crippen LogP contribution < -0.4 is 10.9 Å². The van der Waals surface area contributed by atoms with E-state index in [4.69, 9.17) is 0 Å². The summed E-state index contributed by atoms with van der Waals surface area (Å²) < 4.78 is 0. The highest BCUT2D eigenvalue weighted by Crippen LogP contribution is 2.05. The first-order chi connectivity index (χ1) is 10.5. The van der Waals surface area contributed by atoms with Gasteiger partial charge < -0.3 is 0 Å². The van der Waals surface area contributed by atoms with Gasteiger partial charge in [-0.3, -0.25) is 9.59 Å². The zero-order chi connectivity index (χ0) is 16.8. The first-order valence-corrected chi connectivity index (χ1v) is 8.13. The molecule has 0 saturated carbocycles. The normalized spacial score (nSPS) is 12.2. The third kappa shape index (κ3) is 12.1. The Morgan fingerprint density at radius 2 is 1.09 bits per heavy atom. The molecule has 126 valence electrons. The first-order valence-electron chi connectivity index (χ1n) is 8.13. The molecule has 0 aliphatic heterocycles. The number of hydrogen-bond donors (Lipinski definition) is 2. The number of nitrogens with zero attached hydrogens (tertiary/aromatic N) is 2. The molecule has 0 spiro atoms. The third-order valence-corrected chi connectivity index (χ3v) is 3.32. The van der Waals surface area contributed by atoms with Gasteiger partial charge in [-0.1, -0.05) is 26.7 Å². The van der Waals surface area contributed by atoms with E-state index in [-0.39, 0.29) is 11.8 Å². The lowest BCUT2D eigenvalue weighted by Gasteiger charge is -2.03. The molecule has 0 saturated heterocycles. The smallest absolute Gasteiger partial charge is 0.240 e. The molecule has 2 amide bonds. The Labute approximate surface area is 133 Å². The quantitative estimate of drug-likeness (QED) is 0.349. The van der Waals surface area contributed by atoms with Gasteiger partial charge in [-0.05, 0) is 39.5 Å². The van der Waals surface area contributed by atoms with Crippen LogP contribution in [0.1, 0.15) is 79.1 Å². The second kappa shape index (κ2) is 13.0. The molecule has 2 N–H and O–H groups in total. The molecule has 0 bridgehead atoms. The maximum Gasteiger partial charge on any atom is 0.240 e. The minimum absolute atomic E-state index is 0.0464. The van der Waals surface area contributed by atoms with Crippen LogP contribution in [0, 0.1) is 0 Å². The second-order valence-corrected chi connectivity index (χ2v) is 5.39. The van der Waals surface area contributed by atoms with Crippen molar-refractivity contribution in [2.75, 3.05) is 0 Å². The molecule has 6 heteroatoms. The molecule has 0 aromatic rings. The summed E-state index contributed by atoms with van der Waals surface area (Å²) in [5, 5.41) is 7.95. The van der Waals surface area contributed by atoms with Crippen molar-refractivity contribution in [2.24, 2.45) is 10.2 Å². The minimum atomic E-state index is -0.0464. The summed E-state index contributed by atoms with van der Waals surface area (Å²) >= 11 is 0. The van der Waals surface area contributed by atoms with Gasteiger partial charge in [0.1, 0.15) is 0 Å². The highest BCUT2D eigenvalue weighted by atomic mass is 16.2. The Hall–Kier alpha value is -1.72. The van der Waals surface area contributed by atoms with E-state index in [1.807, 2.05) is 27.7 Å². The van der Waals surface area contributed by atoms with Crippen molar-refractivity contribution in [3.05, 3.63) is 0 Å². The van der Waals surface area contributed by atoms with Crippen molar-refractivity contribution < 1.29 is 9.59 Å². The van der Waals surface area contributed by atoms with E-state index in [0.717, 1.165) is 49.9 Å². The molecule has 0 aromatic heterocycles. The van der Waals surface area contributed by atoms with Gasteiger partial charge in [0.2, 0.25) is 11.8 Å². The van der Waals surface area contributed by atoms with Crippen molar-refractivity contribution in [2.45, 2.75) is 79.1 Å². The first kappa shape index (κ1) is 20.3. The molecule has 0 radical (unpaired) electrons. The van der Waals surface area contributed by atoms with Gasteiger partial charge >= 0.3 is 0 Å². The summed E-state index contributed by atoms with van der Waals surface area (Å²) in [6.45, 7) is 7.76. The molecule has 0 aliphatic carbocycles. The van der Waals surface area contributed by atoms with E-state index in [0.29, 0.717) is 12.8 Å². The number of hydrogen-bond acceptors (Lipinski definition) is 4.